The van der Waals surface area contributed by atoms with Crippen LogP contribution in [0.25, 0.3) is 0 Å². The molecule has 1 N–H and O–H groups in total. The molecule has 0 spiro atoms. The number of ether oxygens (including phenoxy) is 2. The van der Waals surface area contributed by atoms with E-state index in [9.17, 15) is 4.79 Å². The van der Waals surface area contributed by atoms with Crippen LogP contribution in [0.15, 0.2) is 54.9 Å². The zero-order valence-corrected chi connectivity index (χ0v) is 18.2. The van der Waals surface area contributed by atoms with Gasteiger partial charge in [0.05, 0.1) is 7.11 Å². The molecule has 1 atom stereocenters. The molecule has 30 heavy (non-hydrogen) atoms. The third-order valence-corrected chi connectivity index (χ3v) is 5.00. The number of methoxy groups -OCH3 is 1. The Morgan fingerprint density at radius 2 is 2.00 bits per heavy atom. The predicted octanol–water partition coefficient (Wildman–Crippen LogP) is 4.15. The molecule has 0 fully saturated rings. The fraction of sp³-hybridized carbons (Fsp3) is 0.333. The van der Waals surface area contributed by atoms with E-state index in [0.717, 1.165) is 34.0 Å². The number of benzene rings is 2. The van der Waals surface area contributed by atoms with Crippen molar-refractivity contribution >= 4 is 5.91 Å². The van der Waals surface area contributed by atoms with Crippen molar-refractivity contribution in [3.63, 3.8) is 0 Å². The molecule has 6 nitrogen and oxygen atoms in total. The first kappa shape index (κ1) is 21.4. The number of carbonyl (C=O) groups excluding carboxylic acids is 1. The first-order valence-corrected chi connectivity index (χ1v) is 10.0. The van der Waals surface area contributed by atoms with E-state index >= 15 is 0 Å². The third kappa shape index (κ3) is 5.00. The number of nitrogens with zero attached hydrogens (tertiary/aromatic N) is 2. The van der Waals surface area contributed by atoms with Gasteiger partial charge < -0.3 is 19.4 Å². The van der Waals surface area contributed by atoms with E-state index in [4.69, 9.17) is 9.47 Å². The van der Waals surface area contributed by atoms with Crippen LogP contribution in [0.3, 0.4) is 0 Å². The van der Waals surface area contributed by atoms with Crippen molar-refractivity contribution in [1.29, 1.82) is 0 Å². The molecule has 1 aromatic heterocycles. The first-order chi connectivity index (χ1) is 14.4. The van der Waals surface area contributed by atoms with Gasteiger partial charge in [0.25, 0.3) is 5.91 Å². The molecule has 1 amide bonds. The van der Waals surface area contributed by atoms with Crippen LogP contribution in [-0.4, -0.2) is 29.2 Å². The van der Waals surface area contributed by atoms with Gasteiger partial charge in [0.15, 0.2) is 6.61 Å². The van der Waals surface area contributed by atoms with Crippen molar-refractivity contribution < 1.29 is 14.3 Å². The molecule has 0 bridgehead atoms. The minimum absolute atomic E-state index is 0.0753. The Hall–Kier alpha value is -3.28. The van der Waals surface area contributed by atoms with Crippen LogP contribution in [0.4, 0.5) is 0 Å². The van der Waals surface area contributed by atoms with Gasteiger partial charge in [-0.2, -0.15) is 0 Å². The van der Waals surface area contributed by atoms with E-state index in [1.54, 1.807) is 13.3 Å². The Kier molecular flexibility index (Phi) is 6.77. The lowest BCUT2D eigenvalue weighted by molar-refractivity contribution is -0.123. The van der Waals surface area contributed by atoms with Gasteiger partial charge in [0.1, 0.15) is 23.4 Å². The highest BCUT2D eigenvalue weighted by molar-refractivity contribution is 5.78. The zero-order valence-electron chi connectivity index (χ0n) is 18.2. The molecule has 2 aromatic carbocycles. The Labute approximate surface area is 177 Å². The summed E-state index contributed by atoms with van der Waals surface area (Å²) in [7, 11) is 3.52. The van der Waals surface area contributed by atoms with E-state index in [1.807, 2.05) is 55.1 Å². The summed E-state index contributed by atoms with van der Waals surface area (Å²) in [5, 5.41) is 3.06. The standard InChI is InChI=1S/C24H29N3O3/c1-16(2)20-10-9-17(3)13-21(20)30-15-22(28)26-23(24-25-11-12-27(24)4)18-7-6-8-19(14-18)29-5/h6-14,16,23H,15H2,1-5H3,(H,26,28)/t23-/m1/s1. The summed E-state index contributed by atoms with van der Waals surface area (Å²) in [6, 6.07) is 13.3. The average molecular weight is 408 g/mol. The summed E-state index contributed by atoms with van der Waals surface area (Å²) in [5.74, 6) is 2.28. The highest BCUT2D eigenvalue weighted by atomic mass is 16.5. The van der Waals surface area contributed by atoms with Gasteiger partial charge in [-0.3, -0.25) is 4.79 Å². The lowest BCUT2D eigenvalue weighted by atomic mass is 10.0. The summed E-state index contributed by atoms with van der Waals surface area (Å²) in [6.07, 6.45) is 3.57. The SMILES string of the molecule is COc1cccc([C@@H](NC(=O)COc2cc(C)ccc2C(C)C)c2nccn2C)c1. The molecule has 0 radical (unpaired) electrons. The molecule has 0 unspecified atom stereocenters. The van der Waals surface area contributed by atoms with E-state index < -0.39 is 6.04 Å². The fourth-order valence-corrected chi connectivity index (χ4v) is 3.36. The molecule has 1 heterocycles. The van der Waals surface area contributed by atoms with Gasteiger partial charge in [-0.15, -0.1) is 0 Å². The van der Waals surface area contributed by atoms with E-state index in [-0.39, 0.29) is 12.5 Å². The fourth-order valence-electron chi connectivity index (χ4n) is 3.36. The molecule has 0 saturated heterocycles. The summed E-state index contributed by atoms with van der Waals surface area (Å²) in [4.78, 5) is 17.3. The number of rotatable bonds is 8. The van der Waals surface area contributed by atoms with Crippen molar-refractivity contribution in [2.75, 3.05) is 13.7 Å². The number of imidazole rings is 1. The highest BCUT2D eigenvalue weighted by Gasteiger charge is 2.22. The Morgan fingerprint density at radius 3 is 2.67 bits per heavy atom. The number of hydrogen-bond acceptors (Lipinski definition) is 4. The number of aromatic nitrogens is 2. The van der Waals surface area contributed by atoms with Gasteiger partial charge in [-0.05, 0) is 47.7 Å². The highest BCUT2D eigenvalue weighted by Crippen LogP contribution is 2.28. The maximum atomic E-state index is 12.8. The second kappa shape index (κ2) is 9.48. The van der Waals surface area contributed by atoms with E-state index in [1.165, 1.54) is 0 Å². The number of nitrogens with one attached hydrogen (secondary N) is 1. The third-order valence-electron chi connectivity index (χ3n) is 5.00. The molecule has 3 rings (SSSR count). The molecular formula is C24H29N3O3. The van der Waals surface area contributed by atoms with Gasteiger partial charge in [0.2, 0.25) is 0 Å². The van der Waals surface area contributed by atoms with Crippen molar-refractivity contribution in [3.05, 3.63) is 77.4 Å². The van der Waals surface area contributed by atoms with Crippen molar-refractivity contribution in [2.24, 2.45) is 7.05 Å². The lowest BCUT2D eigenvalue weighted by Gasteiger charge is -2.20. The molecule has 0 saturated carbocycles. The van der Waals surface area contributed by atoms with Crippen LogP contribution in [0.1, 0.15) is 48.3 Å². The number of carbonyl (C=O) groups is 1. The molecule has 3 aromatic rings. The minimum Gasteiger partial charge on any atom is -0.497 e. The van der Waals surface area contributed by atoms with Crippen LogP contribution in [-0.2, 0) is 11.8 Å². The van der Waals surface area contributed by atoms with Gasteiger partial charge >= 0.3 is 0 Å². The monoisotopic (exact) mass is 407 g/mol. The predicted molar refractivity (Wildman–Crippen MR) is 117 cm³/mol. The van der Waals surface area contributed by atoms with Crippen LogP contribution >= 0.6 is 0 Å². The maximum absolute atomic E-state index is 12.8. The number of hydrogen-bond donors (Lipinski definition) is 1. The molecule has 6 heteroatoms. The topological polar surface area (TPSA) is 65.4 Å². The van der Waals surface area contributed by atoms with Gasteiger partial charge in [0, 0.05) is 19.4 Å². The average Bonchev–Trinajstić information content (AvgIpc) is 3.15. The molecule has 0 aliphatic heterocycles. The Morgan fingerprint density at radius 1 is 1.20 bits per heavy atom. The zero-order chi connectivity index (χ0) is 21.7. The van der Waals surface area contributed by atoms with Crippen molar-refractivity contribution in [3.8, 4) is 11.5 Å². The molecule has 0 aliphatic carbocycles. The van der Waals surface area contributed by atoms with Crippen molar-refractivity contribution in [1.82, 2.24) is 14.9 Å². The van der Waals surface area contributed by atoms with Gasteiger partial charge in [-0.25, -0.2) is 4.98 Å². The summed E-state index contributed by atoms with van der Waals surface area (Å²) < 4.78 is 13.1. The first-order valence-electron chi connectivity index (χ1n) is 10.0. The Balaban J connectivity index is 1.79. The lowest BCUT2D eigenvalue weighted by Crippen LogP contribution is -2.34. The molecule has 0 aliphatic rings. The largest absolute Gasteiger partial charge is 0.497 e. The second-order valence-electron chi connectivity index (χ2n) is 7.66. The normalized spacial score (nSPS) is 11.9. The van der Waals surface area contributed by atoms with Crippen LogP contribution in [0, 0.1) is 6.92 Å². The summed E-state index contributed by atoms with van der Waals surface area (Å²) >= 11 is 0. The Bertz CT molecular complexity index is 1010. The van der Waals surface area contributed by atoms with Crippen molar-refractivity contribution in [2.45, 2.75) is 32.7 Å². The van der Waals surface area contributed by atoms with Crippen LogP contribution in [0.2, 0.25) is 0 Å². The maximum Gasteiger partial charge on any atom is 0.258 e. The van der Waals surface area contributed by atoms with Gasteiger partial charge in [-0.1, -0.05) is 38.1 Å². The minimum atomic E-state index is -0.418. The second-order valence-corrected chi connectivity index (χ2v) is 7.66. The number of amides is 1. The van der Waals surface area contributed by atoms with E-state index in [2.05, 4.69) is 36.3 Å². The molecule has 158 valence electrons. The van der Waals surface area contributed by atoms with E-state index in [0.29, 0.717) is 5.92 Å². The van der Waals surface area contributed by atoms with Crippen LogP contribution < -0.4 is 14.8 Å². The quantitative estimate of drug-likeness (QED) is 0.609. The smallest absolute Gasteiger partial charge is 0.258 e. The summed E-state index contributed by atoms with van der Waals surface area (Å²) in [6.45, 7) is 6.15. The summed E-state index contributed by atoms with van der Waals surface area (Å²) in [5.41, 5.74) is 3.06. The molecular weight excluding hydrogens is 378 g/mol. The van der Waals surface area contributed by atoms with Crippen LogP contribution in [0.5, 0.6) is 11.5 Å². The number of aryl methyl sites for hydroxylation is 2.